The number of ether oxygens (including phenoxy) is 1. The minimum absolute atomic E-state index is 0.526. The van der Waals surface area contributed by atoms with Crippen LogP contribution in [0.3, 0.4) is 0 Å². The van der Waals surface area contributed by atoms with Gasteiger partial charge in [-0.05, 0) is 26.5 Å². The predicted octanol–water partition coefficient (Wildman–Crippen LogP) is 4.28. The third kappa shape index (κ3) is 4.18. The summed E-state index contributed by atoms with van der Waals surface area (Å²) < 4.78 is 8.21. The normalized spacial score (nSPS) is 14.8. The van der Waals surface area contributed by atoms with Gasteiger partial charge in [0.2, 0.25) is 5.95 Å². The van der Waals surface area contributed by atoms with E-state index in [4.69, 9.17) is 9.72 Å². The Labute approximate surface area is 194 Å². The van der Waals surface area contributed by atoms with Gasteiger partial charge in [0.15, 0.2) is 0 Å². The number of aryl methyl sites for hydroxylation is 1. The Hall–Kier alpha value is -3.39. The second-order valence-corrected chi connectivity index (χ2v) is 8.25. The zero-order chi connectivity index (χ0) is 22.8. The second-order valence-electron chi connectivity index (χ2n) is 8.25. The van der Waals surface area contributed by atoms with Crippen LogP contribution in [0.25, 0.3) is 21.8 Å². The quantitative estimate of drug-likeness (QED) is 0.455. The van der Waals surface area contributed by atoms with Gasteiger partial charge in [-0.3, -0.25) is 0 Å². The Morgan fingerprint density at radius 1 is 0.939 bits per heavy atom. The largest absolute Gasteiger partial charge is 0.492 e. The molecule has 4 heterocycles. The van der Waals surface area contributed by atoms with Crippen LogP contribution in [0.1, 0.15) is 20.8 Å². The number of aromatic nitrogens is 4. The van der Waals surface area contributed by atoms with E-state index in [-0.39, 0.29) is 0 Å². The van der Waals surface area contributed by atoms with E-state index in [0.717, 1.165) is 67.1 Å². The molecule has 8 heteroatoms. The molecule has 1 N–H and O–H groups in total. The number of likely N-dealkylation sites (N-methyl/N-ethyl adjacent to an activating group) is 1. The average Bonchev–Trinajstić information content (AvgIpc) is 3.28. The smallest absolute Gasteiger partial charge is 0.228 e. The Bertz CT molecular complexity index is 1260. The first-order chi connectivity index (χ1) is 16.2. The third-order valence-corrected chi connectivity index (χ3v) is 6.37. The molecule has 0 aliphatic carbocycles. The lowest BCUT2D eigenvalue weighted by Gasteiger charge is -2.36. The van der Waals surface area contributed by atoms with Crippen molar-refractivity contribution >= 4 is 39.3 Å². The summed E-state index contributed by atoms with van der Waals surface area (Å²) in [6.07, 6.45) is 5.87. The van der Waals surface area contributed by atoms with Gasteiger partial charge in [0.1, 0.15) is 17.1 Å². The van der Waals surface area contributed by atoms with E-state index in [9.17, 15) is 0 Å². The van der Waals surface area contributed by atoms with Gasteiger partial charge in [0.05, 0.1) is 24.0 Å². The molecule has 1 saturated heterocycles. The molecule has 0 spiro atoms. The summed E-state index contributed by atoms with van der Waals surface area (Å²) >= 11 is 0. The molecule has 1 fully saturated rings. The van der Waals surface area contributed by atoms with Crippen molar-refractivity contribution in [3.63, 3.8) is 0 Å². The molecule has 0 bridgehead atoms. The molecule has 3 aromatic heterocycles. The van der Waals surface area contributed by atoms with Gasteiger partial charge in [-0.15, -0.1) is 0 Å². The van der Waals surface area contributed by atoms with Crippen LogP contribution in [-0.2, 0) is 6.54 Å². The Kier molecular flexibility index (Phi) is 6.00. The van der Waals surface area contributed by atoms with Crippen molar-refractivity contribution in [2.45, 2.75) is 27.3 Å². The first-order valence-electron chi connectivity index (χ1n) is 11.8. The highest BCUT2D eigenvalue weighted by Crippen LogP contribution is 2.32. The molecule has 0 saturated carbocycles. The average molecular weight is 446 g/mol. The van der Waals surface area contributed by atoms with Crippen LogP contribution >= 0.6 is 0 Å². The molecule has 1 aromatic carbocycles. The van der Waals surface area contributed by atoms with E-state index < -0.39 is 0 Å². The number of piperazine rings is 1. The number of pyridine rings is 1. The maximum absolute atomic E-state index is 5.99. The van der Waals surface area contributed by atoms with Gasteiger partial charge in [0.25, 0.3) is 0 Å². The van der Waals surface area contributed by atoms with Crippen molar-refractivity contribution in [1.29, 1.82) is 0 Å². The molecule has 1 aliphatic rings. The highest BCUT2D eigenvalue weighted by atomic mass is 16.5. The lowest BCUT2D eigenvalue weighted by Crippen LogP contribution is -2.46. The molecule has 33 heavy (non-hydrogen) atoms. The van der Waals surface area contributed by atoms with E-state index in [1.165, 1.54) is 5.39 Å². The van der Waals surface area contributed by atoms with Crippen LogP contribution in [0.15, 0.2) is 42.9 Å². The summed E-state index contributed by atoms with van der Waals surface area (Å²) in [6, 6.07) is 8.27. The van der Waals surface area contributed by atoms with Gasteiger partial charge in [0, 0.05) is 62.0 Å². The molecule has 0 radical (unpaired) electrons. The van der Waals surface area contributed by atoms with E-state index in [0.29, 0.717) is 18.4 Å². The van der Waals surface area contributed by atoms with Crippen molar-refractivity contribution in [1.82, 2.24) is 24.4 Å². The summed E-state index contributed by atoms with van der Waals surface area (Å²) in [4.78, 5) is 18.9. The highest BCUT2D eigenvalue weighted by Gasteiger charge is 2.20. The van der Waals surface area contributed by atoms with Gasteiger partial charge < -0.3 is 24.4 Å². The van der Waals surface area contributed by atoms with Crippen molar-refractivity contribution < 1.29 is 4.74 Å². The topological polar surface area (TPSA) is 71.3 Å². The SMILES string of the molecule is CCOc1cc(Nc2ncc3ccc4ccn(CC)c4c3n2)ncc1N1CCN(CC)CC1. The zero-order valence-electron chi connectivity index (χ0n) is 19.6. The molecular formula is C25H31N7O. The molecule has 0 unspecified atom stereocenters. The van der Waals surface area contributed by atoms with E-state index in [1.54, 1.807) is 0 Å². The van der Waals surface area contributed by atoms with Crippen molar-refractivity contribution in [3.05, 3.63) is 42.9 Å². The second kappa shape index (κ2) is 9.23. The van der Waals surface area contributed by atoms with E-state index >= 15 is 0 Å². The highest BCUT2D eigenvalue weighted by molar-refractivity contribution is 6.03. The van der Waals surface area contributed by atoms with Crippen molar-refractivity contribution in [3.8, 4) is 5.75 Å². The molecule has 4 aromatic rings. The fraction of sp³-hybridized carbons (Fsp3) is 0.400. The molecule has 0 amide bonds. The number of hydrogen-bond donors (Lipinski definition) is 1. The van der Waals surface area contributed by atoms with E-state index in [1.807, 2.05) is 25.4 Å². The van der Waals surface area contributed by atoms with Crippen LogP contribution < -0.4 is 15.0 Å². The number of anilines is 3. The number of nitrogens with one attached hydrogen (secondary N) is 1. The number of fused-ring (bicyclic) bond motifs is 3. The fourth-order valence-electron chi connectivity index (χ4n) is 4.53. The van der Waals surface area contributed by atoms with Crippen LogP contribution in [0, 0.1) is 0 Å². The molecule has 1 aliphatic heterocycles. The standard InChI is InChI=1S/C25H31N7O/c1-4-30-11-13-32(14-12-30)20-17-26-22(15-21(20)33-6-3)28-25-27-16-19-8-7-18-9-10-31(5-2)24(18)23(19)29-25/h7-10,15-17H,4-6,11-14H2,1-3H3,(H,26,27,28,29). The Morgan fingerprint density at radius 2 is 1.76 bits per heavy atom. The van der Waals surface area contributed by atoms with Gasteiger partial charge >= 0.3 is 0 Å². The summed E-state index contributed by atoms with van der Waals surface area (Å²) in [5.41, 5.74) is 3.11. The molecule has 172 valence electrons. The number of benzene rings is 1. The Balaban J connectivity index is 1.44. The van der Waals surface area contributed by atoms with Crippen molar-refractivity contribution in [2.24, 2.45) is 0 Å². The lowest BCUT2D eigenvalue weighted by atomic mass is 10.2. The summed E-state index contributed by atoms with van der Waals surface area (Å²) in [7, 11) is 0. The maximum Gasteiger partial charge on any atom is 0.228 e. The van der Waals surface area contributed by atoms with Crippen LogP contribution in [0.2, 0.25) is 0 Å². The van der Waals surface area contributed by atoms with E-state index in [2.05, 4.69) is 67.9 Å². The summed E-state index contributed by atoms with van der Waals surface area (Å²) in [5, 5.41) is 5.48. The van der Waals surface area contributed by atoms with Crippen LogP contribution in [-0.4, -0.2) is 63.7 Å². The van der Waals surface area contributed by atoms with Crippen molar-refractivity contribution in [2.75, 3.05) is 49.5 Å². The maximum atomic E-state index is 5.99. The Morgan fingerprint density at radius 3 is 2.52 bits per heavy atom. The summed E-state index contributed by atoms with van der Waals surface area (Å²) in [5.74, 6) is 2.04. The van der Waals surface area contributed by atoms with Gasteiger partial charge in [-0.2, -0.15) is 0 Å². The minimum atomic E-state index is 0.526. The summed E-state index contributed by atoms with van der Waals surface area (Å²) in [6.45, 7) is 13.0. The number of rotatable bonds is 7. The minimum Gasteiger partial charge on any atom is -0.492 e. The van der Waals surface area contributed by atoms with Gasteiger partial charge in [-0.1, -0.05) is 19.1 Å². The van der Waals surface area contributed by atoms with Crippen LogP contribution in [0.5, 0.6) is 5.75 Å². The number of hydrogen-bond acceptors (Lipinski definition) is 7. The lowest BCUT2D eigenvalue weighted by molar-refractivity contribution is 0.269. The first kappa shape index (κ1) is 21.5. The monoisotopic (exact) mass is 445 g/mol. The number of nitrogens with zero attached hydrogens (tertiary/aromatic N) is 6. The fourth-order valence-corrected chi connectivity index (χ4v) is 4.53. The first-order valence-corrected chi connectivity index (χ1v) is 11.8. The third-order valence-electron chi connectivity index (χ3n) is 6.37. The van der Waals surface area contributed by atoms with Gasteiger partial charge in [-0.25, -0.2) is 15.0 Å². The zero-order valence-corrected chi connectivity index (χ0v) is 19.6. The molecule has 0 atom stereocenters. The molecule has 8 nitrogen and oxygen atoms in total. The van der Waals surface area contributed by atoms with Crippen LogP contribution in [0.4, 0.5) is 17.5 Å². The predicted molar refractivity (Wildman–Crippen MR) is 134 cm³/mol. The molecule has 5 rings (SSSR count). The molecular weight excluding hydrogens is 414 g/mol.